The summed E-state index contributed by atoms with van der Waals surface area (Å²) in [4.78, 5) is 27.6. The van der Waals surface area contributed by atoms with E-state index in [1.165, 1.54) is 12.0 Å². The van der Waals surface area contributed by atoms with Gasteiger partial charge in [0.15, 0.2) is 0 Å². The number of hydrogen-bond donors (Lipinski definition) is 1. The smallest absolute Gasteiger partial charge is 0.295 e. The average Bonchev–Trinajstić information content (AvgIpc) is 3.19. The summed E-state index contributed by atoms with van der Waals surface area (Å²) in [5, 5.41) is 11.3. The lowest BCUT2D eigenvalue weighted by atomic mass is 9.95. The molecule has 7 nitrogen and oxygen atoms in total. The highest BCUT2D eigenvalue weighted by Crippen LogP contribution is 2.39. The number of benzene rings is 3. The van der Waals surface area contributed by atoms with Crippen LogP contribution in [0.1, 0.15) is 41.6 Å². The summed E-state index contributed by atoms with van der Waals surface area (Å²) in [5.41, 5.74) is 3.38. The number of methoxy groups -OCH3 is 1. The maximum Gasteiger partial charge on any atom is 0.295 e. The van der Waals surface area contributed by atoms with Crippen LogP contribution < -0.4 is 9.47 Å². The van der Waals surface area contributed by atoms with Crippen LogP contribution >= 0.6 is 0 Å². The molecule has 1 fully saturated rings. The number of aliphatic hydroxyl groups is 1. The summed E-state index contributed by atoms with van der Waals surface area (Å²) in [6.07, 6.45) is 0.884. The summed E-state index contributed by atoms with van der Waals surface area (Å²) in [6, 6.07) is 21.4. The van der Waals surface area contributed by atoms with Gasteiger partial charge < -0.3 is 24.2 Å². The molecule has 0 unspecified atom stereocenters. The lowest BCUT2D eigenvalue weighted by Crippen LogP contribution is -2.32. The number of ketones is 1. The second-order valence-corrected chi connectivity index (χ2v) is 9.20. The predicted molar refractivity (Wildman–Crippen MR) is 145 cm³/mol. The molecule has 198 valence electrons. The van der Waals surface area contributed by atoms with Crippen molar-refractivity contribution in [2.45, 2.75) is 32.9 Å². The molecule has 0 saturated carbocycles. The third-order valence-electron chi connectivity index (χ3n) is 6.36. The van der Waals surface area contributed by atoms with Gasteiger partial charge in [-0.15, -0.1) is 0 Å². The minimum atomic E-state index is -0.748. The molecule has 1 N–H and O–H groups in total. The van der Waals surface area contributed by atoms with Gasteiger partial charge in [-0.25, -0.2) is 0 Å². The monoisotopic (exact) mass is 515 g/mol. The molecule has 3 aromatic rings. The van der Waals surface area contributed by atoms with Gasteiger partial charge in [0, 0.05) is 19.2 Å². The second-order valence-electron chi connectivity index (χ2n) is 9.20. The van der Waals surface area contributed by atoms with Crippen LogP contribution in [0, 0.1) is 6.92 Å². The first-order valence-corrected chi connectivity index (χ1v) is 12.7. The van der Waals surface area contributed by atoms with E-state index < -0.39 is 17.7 Å². The Morgan fingerprint density at radius 2 is 1.61 bits per heavy atom. The molecule has 1 amide bonds. The fourth-order valence-electron chi connectivity index (χ4n) is 4.45. The molecule has 1 heterocycles. The highest BCUT2D eigenvalue weighted by atomic mass is 16.5. The fourth-order valence-corrected chi connectivity index (χ4v) is 4.45. The number of nitrogens with zero attached hydrogens (tertiary/aromatic N) is 1. The van der Waals surface area contributed by atoms with Crippen molar-refractivity contribution in [3.05, 3.63) is 101 Å². The largest absolute Gasteiger partial charge is 0.507 e. The number of ether oxygens (including phenoxy) is 3. The first-order chi connectivity index (χ1) is 18.4. The van der Waals surface area contributed by atoms with E-state index in [0.717, 1.165) is 17.5 Å². The van der Waals surface area contributed by atoms with Crippen molar-refractivity contribution >= 4 is 17.4 Å². The molecule has 0 aromatic heterocycles. The lowest BCUT2D eigenvalue weighted by molar-refractivity contribution is -0.140. The third-order valence-corrected chi connectivity index (χ3v) is 6.36. The SMILES string of the molecule is CCCOc1ccc([C@H]2/C(=C(\O)c3ccc(OCc4cccc(C)c4)cc3)C(=O)C(=O)N2CCOC)cc1. The Morgan fingerprint density at radius 3 is 2.26 bits per heavy atom. The Balaban J connectivity index is 1.62. The number of aryl methyl sites for hydroxylation is 1. The highest BCUT2D eigenvalue weighted by Gasteiger charge is 2.45. The Morgan fingerprint density at radius 1 is 0.921 bits per heavy atom. The number of carbonyl (C=O) groups excluding carboxylic acids is 2. The van der Waals surface area contributed by atoms with Crippen molar-refractivity contribution in [1.29, 1.82) is 0 Å². The van der Waals surface area contributed by atoms with Gasteiger partial charge >= 0.3 is 0 Å². The van der Waals surface area contributed by atoms with Crippen LogP contribution in [0.5, 0.6) is 11.5 Å². The molecule has 1 aliphatic heterocycles. The van der Waals surface area contributed by atoms with E-state index in [-0.39, 0.29) is 24.5 Å². The van der Waals surface area contributed by atoms with Crippen LogP contribution in [0.15, 0.2) is 78.4 Å². The van der Waals surface area contributed by atoms with Gasteiger partial charge in [0.1, 0.15) is 23.9 Å². The molecule has 1 saturated heterocycles. The number of Topliss-reactive ketones (excluding diaryl/α,β-unsaturated/α-hetero) is 1. The van der Waals surface area contributed by atoms with Gasteiger partial charge in [0.2, 0.25) is 0 Å². The standard InChI is InChI=1S/C31H33NO6/c1-4-17-37-25-12-8-23(9-13-25)28-27(30(34)31(35)32(28)16-18-36-3)29(33)24-10-14-26(15-11-24)38-20-22-7-5-6-21(2)19-22/h5-15,19,28,33H,4,16-18,20H2,1-3H3/b29-27+/t28-/m0/s1. The zero-order chi connectivity index (χ0) is 27.1. The number of hydrogen-bond acceptors (Lipinski definition) is 6. The first kappa shape index (κ1) is 26.9. The molecule has 1 aliphatic rings. The Hall–Kier alpha value is -4.10. The summed E-state index contributed by atoms with van der Waals surface area (Å²) < 4.78 is 16.7. The van der Waals surface area contributed by atoms with E-state index in [1.54, 1.807) is 24.3 Å². The molecular formula is C31H33NO6. The maximum absolute atomic E-state index is 13.1. The van der Waals surface area contributed by atoms with Crippen molar-refractivity contribution in [3.63, 3.8) is 0 Å². The summed E-state index contributed by atoms with van der Waals surface area (Å²) in [6.45, 7) is 5.53. The van der Waals surface area contributed by atoms with Crippen LogP contribution in [0.4, 0.5) is 0 Å². The van der Waals surface area contributed by atoms with Crippen LogP contribution in [0.3, 0.4) is 0 Å². The van der Waals surface area contributed by atoms with Crippen molar-refractivity contribution in [2.24, 2.45) is 0 Å². The zero-order valence-electron chi connectivity index (χ0n) is 22.0. The molecule has 7 heteroatoms. The van der Waals surface area contributed by atoms with E-state index in [4.69, 9.17) is 14.2 Å². The van der Waals surface area contributed by atoms with Crippen LogP contribution in [-0.2, 0) is 20.9 Å². The molecule has 3 aromatic carbocycles. The topological polar surface area (TPSA) is 85.3 Å². The number of likely N-dealkylation sites (tertiary alicyclic amines) is 1. The van der Waals surface area contributed by atoms with Crippen molar-refractivity contribution in [2.75, 3.05) is 26.9 Å². The third kappa shape index (κ3) is 6.06. The first-order valence-electron chi connectivity index (χ1n) is 12.7. The number of aliphatic hydroxyl groups excluding tert-OH is 1. The zero-order valence-corrected chi connectivity index (χ0v) is 22.0. The van der Waals surface area contributed by atoms with Crippen molar-refractivity contribution in [3.8, 4) is 11.5 Å². The molecule has 0 aliphatic carbocycles. The van der Waals surface area contributed by atoms with Gasteiger partial charge in [0.25, 0.3) is 11.7 Å². The molecule has 0 spiro atoms. The van der Waals surface area contributed by atoms with E-state index in [9.17, 15) is 14.7 Å². The van der Waals surface area contributed by atoms with Gasteiger partial charge in [0.05, 0.1) is 24.8 Å². The fraction of sp³-hybridized carbons (Fsp3) is 0.290. The van der Waals surface area contributed by atoms with E-state index >= 15 is 0 Å². The Bertz CT molecular complexity index is 1300. The minimum Gasteiger partial charge on any atom is -0.507 e. The number of carbonyl (C=O) groups is 2. The van der Waals surface area contributed by atoms with Crippen LogP contribution in [0.25, 0.3) is 5.76 Å². The summed E-state index contributed by atoms with van der Waals surface area (Å²) in [7, 11) is 1.54. The van der Waals surface area contributed by atoms with Crippen LogP contribution in [0.2, 0.25) is 0 Å². The van der Waals surface area contributed by atoms with E-state index in [1.807, 2.05) is 56.3 Å². The number of rotatable bonds is 11. The minimum absolute atomic E-state index is 0.0433. The molecule has 0 radical (unpaired) electrons. The summed E-state index contributed by atoms with van der Waals surface area (Å²) >= 11 is 0. The quantitative estimate of drug-likeness (QED) is 0.208. The average molecular weight is 516 g/mol. The number of amides is 1. The maximum atomic E-state index is 13.1. The van der Waals surface area contributed by atoms with Crippen LogP contribution in [-0.4, -0.2) is 48.6 Å². The van der Waals surface area contributed by atoms with E-state index in [2.05, 4.69) is 6.07 Å². The lowest BCUT2D eigenvalue weighted by Gasteiger charge is -2.25. The second kappa shape index (κ2) is 12.4. The van der Waals surface area contributed by atoms with Crippen molar-refractivity contribution < 1.29 is 28.9 Å². The molecule has 0 bridgehead atoms. The van der Waals surface area contributed by atoms with Gasteiger partial charge in [-0.3, -0.25) is 9.59 Å². The molecule has 38 heavy (non-hydrogen) atoms. The Kier molecular flexibility index (Phi) is 8.81. The molecule has 1 atom stereocenters. The Labute approximate surface area is 223 Å². The predicted octanol–water partition coefficient (Wildman–Crippen LogP) is 5.43. The molecular weight excluding hydrogens is 482 g/mol. The molecule has 4 rings (SSSR count). The van der Waals surface area contributed by atoms with Gasteiger partial charge in [-0.1, -0.05) is 48.9 Å². The highest BCUT2D eigenvalue weighted by molar-refractivity contribution is 6.46. The normalized spacial score (nSPS) is 16.6. The van der Waals surface area contributed by atoms with Crippen molar-refractivity contribution in [1.82, 2.24) is 4.90 Å². The van der Waals surface area contributed by atoms with Gasteiger partial charge in [-0.2, -0.15) is 0 Å². The van der Waals surface area contributed by atoms with E-state index in [0.29, 0.717) is 35.8 Å². The summed E-state index contributed by atoms with van der Waals surface area (Å²) in [5.74, 6) is -0.300. The van der Waals surface area contributed by atoms with Gasteiger partial charge in [-0.05, 0) is 60.9 Å².